The fourth-order valence-electron chi connectivity index (χ4n) is 1.99. The van der Waals surface area contributed by atoms with Crippen molar-refractivity contribution in [1.29, 1.82) is 0 Å². The molecule has 1 aliphatic rings. The monoisotopic (exact) mass is 287 g/mol. The number of urea groups is 1. The molecule has 0 radical (unpaired) electrons. The molecule has 0 bridgehead atoms. The SMILES string of the molecule is CC(C)NC(=O)NCC1OCC(NCC(C)(C)C)C1O. The number of aliphatic hydroxyl groups excluding tert-OH is 1. The number of nitrogens with one attached hydrogen (secondary N) is 3. The molecule has 3 atom stereocenters. The highest BCUT2D eigenvalue weighted by molar-refractivity contribution is 5.74. The Bertz CT molecular complexity index is 315. The third-order valence-electron chi connectivity index (χ3n) is 3.06. The van der Waals surface area contributed by atoms with Gasteiger partial charge in [-0.3, -0.25) is 0 Å². The smallest absolute Gasteiger partial charge is 0.315 e. The van der Waals surface area contributed by atoms with Crippen molar-refractivity contribution < 1.29 is 14.6 Å². The lowest BCUT2D eigenvalue weighted by atomic mass is 9.96. The average Bonchev–Trinajstić information content (AvgIpc) is 2.63. The summed E-state index contributed by atoms with van der Waals surface area (Å²) in [7, 11) is 0. The molecule has 1 heterocycles. The van der Waals surface area contributed by atoms with Crippen molar-refractivity contribution in [3.63, 3.8) is 0 Å². The lowest BCUT2D eigenvalue weighted by molar-refractivity contribution is 0.0423. The van der Waals surface area contributed by atoms with Gasteiger partial charge in [-0.25, -0.2) is 4.79 Å². The molecule has 118 valence electrons. The average molecular weight is 287 g/mol. The molecule has 0 aromatic heterocycles. The predicted molar refractivity (Wildman–Crippen MR) is 78.7 cm³/mol. The van der Waals surface area contributed by atoms with Crippen LogP contribution in [0.3, 0.4) is 0 Å². The predicted octanol–water partition coefficient (Wildman–Crippen LogP) is 0.458. The number of amides is 2. The fraction of sp³-hybridized carbons (Fsp3) is 0.929. The molecule has 3 unspecified atom stereocenters. The van der Waals surface area contributed by atoms with Crippen LogP contribution in [0.2, 0.25) is 0 Å². The summed E-state index contributed by atoms with van der Waals surface area (Å²) in [6, 6.07) is -0.221. The van der Waals surface area contributed by atoms with E-state index in [-0.39, 0.29) is 29.6 Å². The Morgan fingerprint density at radius 1 is 1.40 bits per heavy atom. The zero-order valence-corrected chi connectivity index (χ0v) is 13.2. The standard InChI is InChI=1S/C14H29N3O3/c1-9(2)17-13(19)15-6-11-12(18)10(7-20-11)16-8-14(3,4)5/h9-12,16,18H,6-8H2,1-5H3,(H2,15,17,19). The van der Waals surface area contributed by atoms with Crippen LogP contribution in [0.1, 0.15) is 34.6 Å². The number of hydrogen-bond donors (Lipinski definition) is 4. The fourth-order valence-corrected chi connectivity index (χ4v) is 1.99. The van der Waals surface area contributed by atoms with Gasteiger partial charge in [0.05, 0.1) is 18.8 Å². The molecular formula is C14H29N3O3. The molecule has 4 N–H and O–H groups in total. The van der Waals surface area contributed by atoms with Crippen LogP contribution in [-0.2, 0) is 4.74 Å². The summed E-state index contributed by atoms with van der Waals surface area (Å²) in [6.45, 7) is 11.8. The number of ether oxygens (including phenoxy) is 1. The van der Waals surface area contributed by atoms with Crippen LogP contribution in [0.4, 0.5) is 4.79 Å². The third kappa shape index (κ3) is 6.07. The molecule has 0 aromatic rings. The molecule has 6 nitrogen and oxygen atoms in total. The Kier molecular flexibility index (Phi) is 6.23. The van der Waals surface area contributed by atoms with E-state index in [0.717, 1.165) is 6.54 Å². The summed E-state index contributed by atoms with van der Waals surface area (Å²) >= 11 is 0. The zero-order chi connectivity index (χ0) is 15.3. The first kappa shape index (κ1) is 17.2. The second kappa shape index (κ2) is 7.24. The van der Waals surface area contributed by atoms with Crippen LogP contribution in [0, 0.1) is 5.41 Å². The molecular weight excluding hydrogens is 258 g/mol. The highest BCUT2D eigenvalue weighted by Crippen LogP contribution is 2.16. The Hall–Kier alpha value is -0.850. The van der Waals surface area contributed by atoms with Crippen molar-refractivity contribution >= 4 is 6.03 Å². The van der Waals surface area contributed by atoms with Gasteiger partial charge in [-0.2, -0.15) is 0 Å². The number of carbonyl (C=O) groups excluding carboxylic acids is 1. The summed E-state index contributed by atoms with van der Waals surface area (Å²) < 4.78 is 5.54. The van der Waals surface area contributed by atoms with Crippen LogP contribution < -0.4 is 16.0 Å². The van der Waals surface area contributed by atoms with E-state index in [0.29, 0.717) is 13.2 Å². The van der Waals surface area contributed by atoms with E-state index >= 15 is 0 Å². The molecule has 20 heavy (non-hydrogen) atoms. The summed E-state index contributed by atoms with van der Waals surface area (Å²) in [6.07, 6.45) is -0.956. The second-order valence-corrected chi connectivity index (χ2v) is 6.92. The van der Waals surface area contributed by atoms with Crippen LogP contribution in [-0.4, -0.2) is 55.1 Å². The molecule has 1 aliphatic heterocycles. The molecule has 6 heteroatoms. The Morgan fingerprint density at radius 3 is 2.60 bits per heavy atom. The first-order chi connectivity index (χ1) is 9.19. The Labute approximate surface area is 121 Å². The lowest BCUT2D eigenvalue weighted by Crippen LogP contribution is -2.48. The highest BCUT2D eigenvalue weighted by Gasteiger charge is 2.36. The van der Waals surface area contributed by atoms with E-state index in [2.05, 4.69) is 36.7 Å². The maximum absolute atomic E-state index is 11.5. The second-order valence-electron chi connectivity index (χ2n) is 6.92. The first-order valence-electron chi connectivity index (χ1n) is 7.26. The Morgan fingerprint density at radius 2 is 2.05 bits per heavy atom. The normalized spacial score (nSPS) is 26.9. The number of rotatable bonds is 5. The van der Waals surface area contributed by atoms with Gasteiger partial charge < -0.3 is 25.8 Å². The van der Waals surface area contributed by atoms with Gasteiger partial charge in [0, 0.05) is 19.1 Å². The van der Waals surface area contributed by atoms with Crippen LogP contribution in [0.5, 0.6) is 0 Å². The van der Waals surface area contributed by atoms with Gasteiger partial charge in [-0.1, -0.05) is 20.8 Å². The largest absolute Gasteiger partial charge is 0.389 e. The summed E-state index contributed by atoms with van der Waals surface area (Å²) in [5.41, 5.74) is 0.160. The number of aliphatic hydroxyl groups is 1. The minimum atomic E-state index is -0.600. The van der Waals surface area contributed by atoms with Gasteiger partial charge in [0.15, 0.2) is 0 Å². The molecule has 0 saturated carbocycles. The van der Waals surface area contributed by atoms with Crippen molar-refractivity contribution in [1.82, 2.24) is 16.0 Å². The summed E-state index contributed by atoms with van der Waals surface area (Å²) in [5.74, 6) is 0. The quantitative estimate of drug-likeness (QED) is 0.592. The summed E-state index contributed by atoms with van der Waals surface area (Å²) in [4.78, 5) is 11.5. The van der Waals surface area contributed by atoms with Crippen LogP contribution >= 0.6 is 0 Å². The van der Waals surface area contributed by atoms with E-state index in [1.807, 2.05) is 13.8 Å². The van der Waals surface area contributed by atoms with Gasteiger partial charge in [-0.15, -0.1) is 0 Å². The minimum Gasteiger partial charge on any atom is -0.389 e. The molecule has 0 aliphatic carbocycles. The van der Waals surface area contributed by atoms with E-state index in [4.69, 9.17) is 4.74 Å². The molecule has 1 fully saturated rings. The topological polar surface area (TPSA) is 82.6 Å². The van der Waals surface area contributed by atoms with Crippen molar-refractivity contribution in [2.24, 2.45) is 5.41 Å². The van der Waals surface area contributed by atoms with Gasteiger partial charge >= 0.3 is 6.03 Å². The molecule has 0 aromatic carbocycles. The van der Waals surface area contributed by atoms with Crippen LogP contribution in [0.15, 0.2) is 0 Å². The molecule has 1 saturated heterocycles. The number of hydrogen-bond acceptors (Lipinski definition) is 4. The van der Waals surface area contributed by atoms with E-state index < -0.39 is 6.10 Å². The van der Waals surface area contributed by atoms with Gasteiger partial charge in [0.25, 0.3) is 0 Å². The maximum Gasteiger partial charge on any atom is 0.315 e. The molecule has 1 rings (SSSR count). The van der Waals surface area contributed by atoms with E-state index in [9.17, 15) is 9.90 Å². The van der Waals surface area contributed by atoms with Crippen molar-refractivity contribution in [2.75, 3.05) is 19.7 Å². The van der Waals surface area contributed by atoms with Crippen molar-refractivity contribution in [3.8, 4) is 0 Å². The Balaban J connectivity index is 2.31. The van der Waals surface area contributed by atoms with E-state index in [1.54, 1.807) is 0 Å². The first-order valence-corrected chi connectivity index (χ1v) is 7.26. The zero-order valence-electron chi connectivity index (χ0n) is 13.2. The molecule has 0 spiro atoms. The third-order valence-corrected chi connectivity index (χ3v) is 3.06. The van der Waals surface area contributed by atoms with E-state index in [1.165, 1.54) is 0 Å². The lowest BCUT2D eigenvalue weighted by Gasteiger charge is -2.24. The number of carbonyl (C=O) groups is 1. The molecule has 2 amide bonds. The van der Waals surface area contributed by atoms with Crippen LogP contribution in [0.25, 0.3) is 0 Å². The highest BCUT2D eigenvalue weighted by atomic mass is 16.5. The van der Waals surface area contributed by atoms with Gasteiger partial charge in [-0.05, 0) is 19.3 Å². The van der Waals surface area contributed by atoms with Crippen molar-refractivity contribution in [3.05, 3.63) is 0 Å². The van der Waals surface area contributed by atoms with Crippen molar-refractivity contribution in [2.45, 2.75) is 58.9 Å². The maximum atomic E-state index is 11.5. The van der Waals surface area contributed by atoms with Gasteiger partial charge in [0.1, 0.15) is 6.10 Å². The van der Waals surface area contributed by atoms with Gasteiger partial charge in [0.2, 0.25) is 0 Å². The summed E-state index contributed by atoms with van der Waals surface area (Å²) in [5, 5.41) is 19.0. The minimum absolute atomic E-state index is 0.0748.